The van der Waals surface area contributed by atoms with Crippen molar-refractivity contribution in [1.82, 2.24) is 10.6 Å². The summed E-state index contributed by atoms with van der Waals surface area (Å²) in [5, 5.41) is 6.56. The first-order chi connectivity index (χ1) is 8.85. The molecule has 2 N–H and O–H groups in total. The van der Waals surface area contributed by atoms with Crippen LogP contribution in [0.3, 0.4) is 0 Å². The zero-order valence-electron chi connectivity index (χ0n) is 12.1. The fourth-order valence-corrected chi connectivity index (χ4v) is 1.50. The Morgan fingerprint density at radius 3 is 2.33 bits per heavy atom. The normalized spacial score (nSPS) is 11.6. The van der Waals surface area contributed by atoms with Gasteiger partial charge in [0.1, 0.15) is 0 Å². The van der Waals surface area contributed by atoms with Gasteiger partial charge in [0.2, 0.25) is 0 Å². The average Bonchev–Trinajstić information content (AvgIpc) is 2.40. The number of methoxy groups -OCH3 is 1. The first-order valence-corrected chi connectivity index (χ1v) is 6.86. The van der Waals surface area contributed by atoms with Crippen LogP contribution < -0.4 is 10.6 Å². The zero-order chi connectivity index (χ0) is 13.5. The average molecular weight is 259 g/mol. The maximum absolute atomic E-state index is 5.27. The highest BCUT2D eigenvalue weighted by Gasteiger charge is 1.96. The minimum atomic E-state index is 0.786. The number of aliphatic imine (C=N–C) groups is 1. The molecule has 0 aromatic rings. The third kappa shape index (κ3) is 11.7. The molecule has 0 rings (SSSR count). The van der Waals surface area contributed by atoms with E-state index in [-0.39, 0.29) is 0 Å². The Bertz CT molecular complexity index is 199. The van der Waals surface area contributed by atoms with Gasteiger partial charge < -0.3 is 20.1 Å². The van der Waals surface area contributed by atoms with Gasteiger partial charge in [-0.15, -0.1) is 0 Å². The second-order valence-electron chi connectivity index (χ2n) is 4.03. The molecule has 5 heteroatoms. The molecule has 0 aromatic heterocycles. The minimum absolute atomic E-state index is 0.786. The van der Waals surface area contributed by atoms with Crippen LogP contribution in [0.2, 0.25) is 0 Å². The highest BCUT2D eigenvalue weighted by molar-refractivity contribution is 5.79. The van der Waals surface area contributed by atoms with Crippen molar-refractivity contribution in [2.75, 3.05) is 47.1 Å². The monoisotopic (exact) mass is 259 g/mol. The quantitative estimate of drug-likeness (QED) is 0.334. The topological polar surface area (TPSA) is 54.9 Å². The van der Waals surface area contributed by atoms with Crippen LogP contribution in [0.15, 0.2) is 4.99 Å². The molecular weight excluding hydrogens is 230 g/mol. The van der Waals surface area contributed by atoms with Crippen LogP contribution in [0, 0.1) is 0 Å². The zero-order valence-corrected chi connectivity index (χ0v) is 12.1. The molecule has 0 saturated heterocycles. The number of rotatable bonds is 11. The highest BCUT2D eigenvalue weighted by atomic mass is 16.5. The number of nitrogens with one attached hydrogen (secondary N) is 2. The summed E-state index contributed by atoms with van der Waals surface area (Å²) in [5.74, 6) is 0.873. The summed E-state index contributed by atoms with van der Waals surface area (Å²) < 4.78 is 10.3. The van der Waals surface area contributed by atoms with Gasteiger partial charge in [-0.2, -0.15) is 0 Å². The van der Waals surface area contributed by atoms with Crippen molar-refractivity contribution < 1.29 is 9.47 Å². The van der Waals surface area contributed by atoms with E-state index in [4.69, 9.17) is 9.47 Å². The Kier molecular flexibility index (Phi) is 13.6. The minimum Gasteiger partial charge on any atom is -0.385 e. The van der Waals surface area contributed by atoms with Crippen LogP contribution in [0.5, 0.6) is 0 Å². The van der Waals surface area contributed by atoms with E-state index in [1.807, 2.05) is 6.92 Å². The van der Waals surface area contributed by atoms with Crippen molar-refractivity contribution in [3.05, 3.63) is 0 Å². The Morgan fingerprint density at radius 1 is 1.00 bits per heavy atom. The third-order valence-corrected chi connectivity index (χ3v) is 2.50. The van der Waals surface area contributed by atoms with Crippen molar-refractivity contribution in [3.63, 3.8) is 0 Å². The van der Waals surface area contributed by atoms with Crippen molar-refractivity contribution in [1.29, 1.82) is 0 Å². The van der Waals surface area contributed by atoms with E-state index >= 15 is 0 Å². The first-order valence-electron chi connectivity index (χ1n) is 6.86. The summed E-state index contributed by atoms with van der Waals surface area (Å²) >= 11 is 0. The van der Waals surface area contributed by atoms with Gasteiger partial charge >= 0.3 is 0 Å². The molecule has 0 amide bonds. The summed E-state index contributed by atoms with van der Waals surface area (Å²) in [7, 11) is 3.54. The number of unbranched alkanes of at least 4 members (excludes halogenated alkanes) is 2. The lowest BCUT2D eigenvalue weighted by Gasteiger charge is -2.11. The fourth-order valence-electron chi connectivity index (χ4n) is 1.50. The van der Waals surface area contributed by atoms with E-state index in [1.54, 1.807) is 14.2 Å². The molecule has 0 aliphatic rings. The Hall–Kier alpha value is -0.810. The lowest BCUT2D eigenvalue weighted by Crippen LogP contribution is -2.38. The van der Waals surface area contributed by atoms with Crippen molar-refractivity contribution >= 4 is 5.96 Å². The molecule has 0 spiro atoms. The molecule has 0 bridgehead atoms. The summed E-state index contributed by atoms with van der Waals surface area (Å²) in [5.41, 5.74) is 0. The summed E-state index contributed by atoms with van der Waals surface area (Å²) in [6.07, 6.45) is 4.45. The van der Waals surface area contributed by atoms with Gasteiger partial charge in [0, 0.05) is 47.1 Å². The molecule has 0 saturated carbocycles. The second kappa shape index (κ2) is 14.3. The van der Waals surface area contributed by atoms with Gasteiger partial charge in [0.05, 0.1) is 0 Å². The van der Waals surface area contributed by atoms with E-state index in [0.29, 0.717) is 0 Å². The lowest BCUT2D eigenvalue weighted by molar-refractivity contribution is 0.145. The Balaban J connectivity index is 3.36. The van der Waals surface area contributed by atoms with Crippen LogP contribution in [0.1, 0.15) is 32.6 Å². The Labute approximate surface area is 111 Å². The van der Waals surface area contributed by atoms with Gasteiger partial charge in [0.25, 0.3) is 0 Å². The molecule has 5 nitrogen and oxygen atoms in total. The third-order valence-electron chi connectivity index (χ3n) is 2.50. The maximum atomic E-state index is 5.27. The van der Waals surface area contributed by atoms with Crippen molar-refractivity contribution in [2.45, 2.75) is 32.6 Å². The molecule has 0 fully saturated rings. The number of guanidine groups is 1. The van der Waals surface area contributed by atoms with E-state index in [2.05, 4.69) is 15.6 Å². The number of hydrogen-bond acceptors (Lipinski definition) is 3. The molecule has 0 heterocycles. The predicted octanol–water partition coefficient (Wildman–Crippen LogP) is 1.39. The van der Waals surface area contributed by atoms with Crippen LogP contribution in [-0.2, 0) is 9.47 Å². The predicted molar refractivity (Wildman–Crippen MR) is 76.2 cm³/mol. The van der Waals surface area contributed by atoms with E-state index in [0.717, 1.165) is 58.1 Å². The van der Waals surface area contributed by atoms with Crippen molar-refractivity contribution in [2.24, 2.45) is 4.99 Å². The van der Waals surface area contributed by atoms with Crippen LogP contribution >= 0.6 is 0 Å². The van der Waals surface area contributed by atoms with Gasteiger partial charge in [-0.3, -0.25) is 4.99 Å². The van der Waals surface area contributed by atoms with Gasteiger partial charge in [-0.25, -0.2) is 0 Å². The molecule has 0 aliphatic heterocycles. The Morgan fingerprint density at radius 2 is 1.72 bits per heavy atom. The van der Waals surface area contributed by atoms with Crippen LogP contribution in [0.25, 0.3) is 0 Å². The number of ether oxygens (including phenoxy) is 2. The molecule has 0 aliphatic carbocycles. The summed E-state index contributed by atoms with van der Waals surface area (Å²) in [6.45, 7) is 6.30. The van der Waals surface area contributed by atoms with E-state index < -0.39 is 0 Å². The summed E-state index contributed by atoms with van der Waals surface area (Å²) in [4.78, 5) is 4.17. The van der Waals surface area contributed by atoms with Crippen LogP contribution in [-0.4, -0.2) is 53.0 Å². The van der Waals surface area contributed by atoms with E-state index in [1.165, 1.54) is 6.42 Å². The molecule has 108 valence electrons. The van der Waals surface area contributed by atoms with Gasteiger partial charge in [0.15, 0.2) is 5.96 Å². The smallest absolute Gasteiger partial charge is 0.190 e. The number of nitrogens with zero attached hydrogens (tertiary/aromatic N) is 1. The fraction of sp³-hybridized carbons (Fsp3) is 0.923. The highest BCUT2D eigenvalue weighted by Crippen LogP contribution is 1.93. The molecule has 0 atom stereocenters. The summed E-state index contributed by atoms with van der Waals surface area (Å²) in [6, 6.07) is 0. The van der Waals surface area contributed by atoms with E-state index in [9.17, 15) is 0 Å². The molecule has 0 unspecified atom stereocenters. The lowest BCUT2D eigenvalue weighted by atomic mass is 10.2. The number of hydrogen-bond donors (Lipinski definition) is 2. The SMILES string of the molecule is CCOCCCNC(=NC)NCCCCCOC. The maximum Gasteiger partial charge on any atom is 0.190 e. The van der Waals surface area contributed by atoms with Crippen molar-refractivity contribution in [3.8, 4) is 0 Å². The molecular formula is C13H29N3O2. The first kappa shape index (κ1) is 17.2. The van der Waals surface area contributed by atoms with Crippen LogP contribution in [0.4, 0.5) is 0 Å². The molecule has 0 aromatic carbocycles. The largest absolute Gasteiger partial charge is 0.385 e. The van der Waals surface area contributed by atoms with Gasteiger partial charge in [-0.05, 0) is 32.6 Å². The standard InChI is InChI=1S/C13H29N3O2/c1-4-18-12-8-10-16-13(14-2)15-9-6-5-7-11-17-3/h4-12H2,1-3H3,(H2,14,15,16). The van der Waals surface area contributed by atoms with Gasteiger partial charge in [-0.1, -0.05) is 0 Å². The molecule has 18 heavy (non-hydrogen) atoms. The second-order valence-corrected chi connectivity index (χ2v) is 4.03. The molecule has 0 radical (unpaired) electrons.